The standard InChI is InChI=1S/C24H27ClN4O2/c1-18-22(19(2)29(26-18)16-20-6-3-4-8-23(20)25)9-10-24(30)28-13-11-27(12-14-28)17-21-7-5-15-31-21/h3-10,15H,11-14,16-17H2,1-2H3/b10-9+. The molecule has 0 N–H and O–H groups in total. The molecule has 1 amide bonds. The van der Waals surface area contributed by atoms with E-state index in [1.54, 1.807) is 12.3 Å². The van der Waals surface area contributed by atoms with Crippen molar-refractivity contribution in [2.24, 2.45) is 0 Å². The zero-order valence-corrected chi connectivity index (χ0v) is 18.7. The molecule has 1 saturated heterocycles. The average molecular weight is 439 g/mol. The van der Waals surface area contributed by atoms with Crippen molar-refractivity contribution in [2.75, 3.05) is 26.2 Å². The number of nitrogens with zero attached hydrogens (tertiary/aromatic N) is 4. The molecule has 0 radical (unpaired) electrons. The number of amides is 1. The minimum Gasteiger partial charge on any atom is -0.468 e. The van der Waals surface area contributed by atoms with Crippen molar-refractivity contribution in [3.63, 3.8) is 0 Å². The summed E-state index contributed by atoms with van der Waals surface area (Å²) < 4.78 is 7.36. The van der Waals surface area contributed by atoms with Gasteiger partial charge in [-0.15, -0.1) is 0 Å². The number of hydrogen-bond acceptors (Lipinski definition) is 4. The maximum absolute atomic E-state index is 12.7. The van der Waals surface area contributed by atoms with Gasteiger partial charge in [-0.05, 0) is 43.7 Å². The van der Waals surface area contributed by atoms with Gasteiger partial charge in [0.1, 0.15) is 5.76 Å². The Bertz CT molecular complexity index is 1060. The lowest BCUT2D eigenvalue weighted by Gasteiger charge is -2.33. The first-order valence-corrected chi connectivity index (χ1v) is 10.9. The van der Waals surface area contributed by atoms with Crippen LogP contribution in [0.5, 0.6) is 0 Å². The third-order valence-electron chi connectivity index (χ3n) is 5.75. The number of halogens is 1. The van der Waals surface area contributed by atoms with Gasteiger partial charge in [0.2, 0.25) is 5.91 Å². The fraction of sp³-hybridized carbons (Fsp3) is 0.333. The molecule has 0 unspecified atom stereocenters. The monoisotopic (exact) mass is 438 g/mol. The van der Waals surface area contributed by atoms with Gasteiger partial charge in [-0.2, -0.15) is 5.10 Å². The van der Waals surface area contributed by atoms with Crippen LogP contribution >= 0.6 is 11.6 Å². The highest BCUT2D eigenvalue weighted by atomic mass is 35.5. The quantitative estimate of drug-likeness (QED) is 0.542. The summed E-state index contributed by atoms with van der Waals surface area (Å²) in [5.74, 6) is 0.995. The predicted octanol–water partition coefficient (Wildman–Crippen LogP) is 4.15. The number of aromatic nitrogens is 2. The second kappa shape index (κ2) is 9.54. The van der Waals surface area contributed by atoms with E-state index in [1.165, 1.54) is 0 Å². The van der Waals surface area contributed by atoms with Gasteiger partial charge < -0.3 is 9.32 Å². The minimum atomic E-state index is 0.0373. The Morgan fingerprint density at radius 3 is 2.58 bits per heavy atom. The van der Waals surface area contributed by atoms with Crippen LogP contribution < -0.4 is 0 Å². The molecule has 2 aromatic heterocycles. The fourth-order valence-electron chi connectivity index (χ4n) is 3.90. The van der Waals surface area contributed by atoms with Crippen molar-refractivity contribution in [1.82, 2.24) is 19.6 Å². The Balaban J connectivity index is 1.37. The first kappa shape index (κ1) is 21.4. The summed E-state index contributed by atoms with van der Waals surface area (Å²) in [5, 5.41) is 5.38. The van der Waals surface area contributed by atoms with E-state index in [1.807, 2.05) is 65.9 Å². The van der Waals surface area contributed by atoms with Gasteiger partial charge >= 0.3 is 0 Å². The van der Waals surface area contributed by atoms with Crippen LogP contribution in [0, 0.1) is 13.8 Å². The number of benzene rings is 1. The number of hydrogen-bond donors (Lipinski definition) is 0. The van der Waals surface area contributed by atoms with Crippen LogP contribution in [0.3, 0.4) is 0 Å². The molecule has 0 saturated carbocycles. The molecule has 0 bridgehead atoms. The summed E-state index contributed by atoms with van der Waals surface area (Å²) in [4.78, 5) is 16.9. The van der Waals surface area contributed by atoms with Crippen LogP contribution in [0.4, 0.5) is 0 Å². The summed E-state index contributed by atoms with van der Waals surface area (Å²) in [6.45, 7) is 8.49. The van der Waals surface area contributed by atoms with Crippen molar-refractivity contribution >= 4 is 23.6 Å². The van der Waals surface area contributed by atoms with Gasteiger partial charge in [0.25, 0.3) is 0 Å². The largest absolute Gasteiger partial charge is 0.468 e. The molecule has 7 heteroatoms. The number of furan rings is 1. The molecule has 3 heterocycles. The molecule has 1 aliphatic heterocycles. The van der Waals surface area contributed by atoms with Gasteiger partial charge in [-0.1, -0.05) is 29.8 Å². The highest BCUT2D eigenvalue weighted by molar-refractivity contribution is 6.31. The number of carbonyl (C=O) groups is 1. The van der Waals surface area contributed by atoms with Crippen LogP contribution in [-0.4, -0.2) is 51.7 Å². The molecule has 0 atom stereocenters. The summed E-state index contributed by atoms with van der Waals surface area (Å²) >= 11 is 6.30. The number of carbonyl (C=O) groups excluding carboxylic acids is 1. The molecule has 1 fully saturated rings. The van der Waals surface area contributed by atoms with E-state index in [-0.39, 0.29) is 5.91 Å². The number of piperazine rings is 1. The van der Waals surface area contributed by atoms with Gasteiger partial charge in [-0.3, -0.25) is 14.4 Å². The zero-order chi connectivity index (χ0) is 21.8. The van der Waals surface area contributed by atoms with Crippen LogP contribution in [-0.2, 0) is 17.9 Å². The summed E-state index contributed by atoms with van der Waals surface area (Å²) in [6.07, 6.45) is 5.25. The van der Waals surface area contributed by atoms with Crippen LogP contribution in [0.1, 0.15) is 28.3 Å². The van der Waals surface area contributed by atoms with E-state index < -0.39 is 0 Å². The molecule has 162 valence electrons. The molecule has 0 spiro atoms. The molecule has 0 aliphatic carbocycles. The Kier molecular flexibility index (Phi) is 6.59. The van der Waals surface area contributed by atoms with Crippen LogP contribution in [0.2, 0.25) is 5.02 Å². The van der Waals surface area contributed by atoms with E-state index in [0.29, 0.717) is 19.6 Å². The second-order valence-electron chi connectivity index (χ2n) is 7.85. The third-order valence-corrected chi connectivity index (χ3v) is 6.12. The highest BCUT2D eigenvalue weighted by Gasteiger charge is 2.20. The number of aryl methyl sites for hydroxylation is 1. The SMILES string of the molecule is Cc1nn(Cc2ccccc2Cl)c(C)c1/C=C/C(=O)N1CCN(Cc2ccco2)CC1. The van der Waals surface area contributed by atoms with Gasteiger partial charge in [-0.25, -0.2) is 0 Å². The summed E-state index contributed by atoms with van der Waals surface area (Å²) in [6, 6.07) is 11.7. The van der Waals surface area contributed by atoms with E-state index in [4.69, 9.17) is 16.0 Å². The average Bonchev–Trinajstić information content (AvgIpc) is 3.37. The van der Waals surface area contributed by atoms with E-state index in [9.17, 15) is 4.79 Å². The molecular weight excluding hydrogens is 412 g/mol. The van der Waals surface area contributed by atoms with Crippen molar-refractivity contribution < 1.29 is 9.21 Å². The lowest BCUT2D eigenvalue weighted by Crippen LogP contribution is -2.47. The molecule has 1 aromatic carbocycles. The van der Waals surface area contributed by atoms with Crippen molar-refractivity contribution in [1.29, 1.82) is 0 Å². The van der Waals surface area contributed by atoms with Gasteiger partial charge in [0.05, 0.1) is 25.0 Å². The fourth-order valence-corrected chi connectivity index (χ4v) is 4.10. The molecule has 6 nitrogen and oxygen atoms in total. The number of rotatable bonds is 6. The third kappa shape index (κ3) is 5.09. The van der Waals surface area contributed by atoms with E-state index in [2.05, 4.69) is 10.00 Å². The second-order valence-corrected chi connectivity index (χ2v) is 8.25. The lowest BCUT2D eigenvalue weighted by molar-refractivity contribution is -0.127. The summed E-state index contributed by atoms with van der Waals surface area (Å²) in [5.41, 5.74) is 3.92. The van der Waals surface area contributed by atoms with Gasteiger partial charge in [0.15, 0.2) is 0 Å². The molecule has 4 rings (SSSR count). The van der Waals surface area contributed by atoms with E-state index >= 15 is 0 Å². The van der Waals surface area contributed by atoms with Crippen molar-refractivity contribution in [3.05, 3.63) is 82.0 Å². The maximum Gasteiger partial charge on any atom is 0.246 e. The van der Waals surface area contributed by atoms with Crippen molar-refractivity contribution in [3.8, 4) is 0 Å². The van der Waals surface area contributed by atoms with Gasteiger partial charge in [0, 0.05) is 48.5 Å². The Morgan fingerprint density at radius 1 is 1.10 bits per heavy atom. The lowest BCUT2D eigenvalue weighted by atomic mass is 10.1. The Morgan fingerprint density at radius 2 is 1.87 bits per heavy atom. The maximum atomic E-state index is 12.7. The normalized spacial score (nSPS) is 15.1. The molecular formula is C24H27ClN4O2. The minimum absolute atomic E-state index is 0.0373. The predicted molar refractivity (Wildman–Crippen MR) is 122 cm³/mol. The van der Waals surface area contributed by atoms with Crippen LogP contribution in [0.25, 0.3) is 6.08 Å². The topological polar surface area (TPSA) is 54.5 Å². The van der Waals surface area contributed by atoms with E-state index in [0.717, 1.165) is 52.9 Å². The Labute approximate surface area is 187 Å². The smallest absolute Gasteiger partial charge is 0.246 e. The van der Waals surface area contributed by atoms with Crippen LogP contribution in [0.15, 0.2) is 53.2 Å². The zero-order valence-electron chi connectivity index (χ0n) is 17.9. The molecule has 31 heavy (non-hydrogen) atoms. The first-order chi connectivity index (χ1) is 15.0. The Hall–Kier alpha value is -2.83. The van der Waals surface area contributed by atoms with Crippen molar-refractivity contribution in [2.45, 2.75) is 26.9 Å². The first-order valence-electron chi connectivity index (χ1n) is 10.5. The molecule has 3 aromatic rings. The summed E-state index contributed by atoms with van der Waals surface area (Å²) in [7, 11) is 0. The highest BCUT2D eigenvalue weighted by Crippen LogP contribution is 2.20. The molecule has 1 aliphatic rings.